The van der Waals surface area contributed by atoms with E-state index in [1.165, 1.54) is 54.8 Å². The van der Waals surface area contributed by atoms with E-state index in [-0.39, 0.29) is 61.2 Å². The molecule has 448 valence electrons. The molecule has 0 aliphatic carbocycles. The Hall–Kier alpha value is -5.11. The minimum atomic E-state index is -1.17. The molecule has 1 saturated heterocycles. The summed E-state index contributed by atoms with van der Waals surface area (Å²) in [6, 6.07) is -7.60. The monoisotopic (exact) mass is 1100 g/mol. The summed E-state index contributed by atoms with van der Waals surface area (Å²) in [5.74, 6) is -5.32. The molecule has 1 rings (SSSR count). The van der Waals surface area contributed by atoms with Crippen LogP contribution in [-0.4, -0.2) is 186 Å². The molecule has 78 heavy (non-hydrogen) atoms. The van der Waals surface area contributed by atoms with Crippen molar-refractivity contribution in [2.45, 2.75) is 217 Å². The Morgan fingerprint density at radius 2 is 1.00 bits per heavy atom. The lowest BCUT2D eigenvalue weighted by Crippen LogP contribution is -2.61. The Morgan fingerprint density at radius 3 is 1.47 bits per heavy atom. The molecule has 0 aromatic rings. The molecule has 1 fully saturated rings. The fourth-order valence-corrected chi connectivity index (χ4v) is 9.88. The Labute approximate surface area is 469 Å². The van der Waals surface area contributed by atoms with Crippen molar-refractivity contribution >= 4 is 53.4 Å². The van der Waals surface area contributed by atoms with Crippen LogP contribution in [0.4, 0.5) is 4.79 Å². The average Bonchev–Trinajstić information content (AvgIpc) is 3.34. The zero-order chi connectivity index (χ0) is 60.2. The van der Waals surface area contributed by atoms with Crippen LogP contribution in [0.25, 0.3) is 0 Å². The van der Waals surface area contributed by atoms with Gasteiger partial charge in [-0.25, -0.2) is 9.59 Å². The number of likely N-dealkylation sites (N-methyl/N-ethyl adjacent to an activating group) is 5. The van der Waals surface area contributed by atoms with Crippen molar-refractivity contribution in [3.05, 3.63) is 12.2 Å². The molecule has 20 heteroatoms. The third-order valence-corrected chi connectivity index (χ3v) is 14.5. The van der Waals surface area contributed by atoms with Crippen LogP contribution in [-0.2, 0) is 43.1 Å². The van der Waals surface area contributed by atoms with Crippen molar-refractivity contribution < 1.29 is 47.9 Å². The van der Waals surface area contributed by atoms with E-state index in [4.69, 9.17) is 4.74 Å². The fraction of sp³-hybridized carbons (Fsp3) is 0.810. The lowest BCUT2D eigenvalue weighted by Gasteiger charge is -2.40. The number of esters is 1. The van der Waals surface area contributed by atoms with Crippen molar-refractivity contribution in [2.24, 2.45) is 41.4 Å². The molecule has 0 spiro atoms. The Bertz CT molecular complexity index is 2010. The number of ether oxygens (including phenoxy) is 1. The summed E-state index contributed by atoms with van der Waals surface area (Å²) in [5, 5.41) is 12.3. The van der Waals surface area contributed by atoms with Crippen LogP contribution in [0, 0.1) is 41.4 Å². The summed E-state index contributed by atoms with van der Waals surface area (Å²) >= 11 is 0. The molecular weight excluding hydrogens is 997 g/mol. The second-order valence-electron chi connectivity index (χ2n) is 24.5. The second kappa shape index (κ2) is 33.5. The second-order valence-corrected chi connectivity index (χ2v) is 24.5. The number of carbonyl (C=O) groups excluding carboxylic acids is 9. The average molecular weight is 1100 g/mol. The number of rotatable bonds is 16. The molecule has 0 aromatic heterocycles. The molecule has 10 atom stereocenters. The van der Waals surface area contributed by atoms with Gasteiger partial charge in [-0.3, -0.25) is 48.7 Å². The minimum Gasteiger partial charge on any atom is -0.375 e. The molecular formula is C58H106N10O10. The van der Waals surface area contributed by atoms with Crippen LogP contribution < -0.4 is 21.3 Å². The van der Waals surface area contributed by atoms with Gasteiger partial charge in [0, 0.05) is 35.2 Å². The molecule has 1 aliphatic rings. The van der Waals surface area contributed by atoms with Gasteiger partial charge in [0.05, 0.1) is 18.9 Å². The summed E-state index contributed by atoms with van der Waals surface area (Å²) < 4.78 is 5.48. The van der Waals surface area contributed by atoms with Crippen LogP contribution in [0.15, 0.2) is 12.2 Å². The van der Waals surface area contributed by atoms with Gasteiger partial charge in [-0.2, -0.15) is 0 Å². The highest BCUT2D eigenvalue weighted by Crippen LogP contribution is 2.24. The van der Waals surface area contributed by atoms with Crippen molar-refractivity contribution in [3.63, 3.8) is 0 Å². The van der Waals surface area contributed by atoms with Crippen LogP contribution in [0.3, 0.4) is 0 Å². The first-order valence-electron chi connectivity index (χ1n) is 28.6. The van der Waals surface area contributed by atoms with Crippen LogP contribution in [0.5, 0.6) is 0 Å². The number of hydrogen-bond donors (Lipinski definition) is 4. The number of amides is 8. The molecule has 4 N–H and O–H groups in total. The minimum absolute atomic E-state index is 0.0182. The molecule has 1 aliphatic heterocycles. The van der Waals surface area contributed by atoms with E-state index in [2.05, 4.69) is 21.3 Å². The van der Waals surface area contributed by atoms with Gasteiger partial charge < -0.3 is 40.3 Å². The van der Waals surface area contributed by atoms with Gasteiger partial charge in [0.2, 0.25) is 41.4 Å². The van der Waals surface area contributed by atoms with Crippen molar-refractivity contribution in [1.82, 2.24) is 50.7 Å². The fourth-order valence-electron chi connectivity index (χ4n) is 9.88. The summed E-state index contributed by atoms with van der Waals surface area (Å²) in [4.78, 5) is 138. The molecule has 3 unspecified atom stereocenters. The van der Waals surface area contributed by atoms with E-state index in [0.29, 0.717) is 25.7 Å². The van der Waals surface area contributed by atoms with Gasteiger partial charge in [0.15, 0.2) is 0 Å². The molecule has 0 radical (unpaired) electrons. The van der Waals surface area contributed by atoms with E-state index < -0.39 is 120 Å². The number of nitrogens with one attached hydrogen (secondary N) is 4. The number of hydrogen-bond acceptors (Lipinski definition) is 12. The van der Waals surface area contributed by atoms with E-state index in [1.807, 2.05) is 107 Å². The van der Waals surface area contributed by atoms with E-state index >= 15 is 0 Å². The van der Waals surface area contributed by atoms with Crippen molar-refractivity contribution in [2.75, 3.05) is 48.8 Å². The first kappa shape index (κ1) is 70.9. The van der Waals surface area contributed by atoms with Gasteiger partial charge in [-0.15, -0.1) is 0 Å². The molecule has 20 nitrogen and oxygen atoms in total. The predicted molar refractivity (Wildman–Crippen MR) is 306 cm³/mol. The first-order valence-corrected chi connectivity index (χ1v) is 28.6. The maximum atomic E-state index is 14.9. The zero-order valence-corrected chi connectivity index (χ0v) is 52.0. The van der Waals surface area contributed by atoms with Crippen LogP contribution >= 0.6 is 0 Å². The standard InChI is InChI=1S/C58H106N10O10/c1-23-25-26-40(15)32-46-52(71)60-42(24-2)54(73)63(17)33-49(69)64(18)44(28-35(5)6)53(72)62-48(31-38(11)12)67(21)47(30-37(9)10)59-41(16)57(76)78-58(77)66(20)45(29-36(7)8)51(70)61-43(27-34(3)4)55(74)68(22)50(39(13)14)56(75)65(46)19/h23,25,34-48,50,59H,24,26-33H2,1-22H3,(H,60,71)(H,61,70)(H,62,72)/b25-23+/t40-,41-,42?,43-,44+,45-,46?,47-,48+,50?/m1/s1. The summed E-state index contributed by atoms with van der Waals surface area (Å²) in [6.07, 6.45) is 4.27. The Kier molecular flexibility index (Phi) is 30.4. The van der Waals surface area contributed by atoms with Crippen LogP contribution in [0.1, 0.15) is 162 Å². The normalized spacial score (nSPS) is 26.5. The van der Waals surface area contributed by atoms with Gasteiger partial charge in [0.1, 0.15) is 42.3 Å². The Balaban J connectivity index is 4.21. The lowest BCUT2D eigenvalue weighted by atomic mass is 9.94. The molecule has 8 amide bonds. The third kappa shape index (κ3) is 22.2. The number of cyclic esters (lactones) is 2. The largest absolute Gasteiger partial charge is 0.417 e. The number of carbonyl (C=O) groups is 9. The summed E-state index contributed by atoms with van der Waals surface area (Å²) in [7, 11) is 9.20. The maximum absolute atomic E-state index is 14.9. The third-order valence-electron chi connectivity index (χ3n) is 14.5. The summed E-state index contributed by atoms with van der Waals surface area (Å²) in [5.41, 5.74) is 0. The van der Waals surface area contributed by atoms with E-state index in [0.717, 1.165) is 4.90 Å². The highest BCUT2D eigenvalue weighted by atomic mass is 16.6. The topological polar surface area (TPSA) is 230 Å². The highest BCUT2D eigenvalue weighted by molar-refractivity contribution is 5.97. The molecule has 0 aromatic carbocycles. The quantitative estimate of drug-likeness (QED) is 0.0812. The van der Waals surface area contributed by atoms with Crippen LogP contribution in [0.2, 0.25) is 0 Å². The first-order chi connectivity index (χ1) is 36.1. The van der Waals surface area contributed by atoms with E-state index in [1.54, 1.807) is 27.7 Å². The number of allylic oxidation sites excluding steroid dienone is 2. The van der Waals surface area contributed by atoms with Gasteiger partial charge in [-0.05, 0) is 114 Å². The van der Waals surface area contributed by atoms with Gasteiger partial charge >= 0.3 is 12.1 Å². The zero-order valence-electron chi connectivity index (χ0n) is 52.0. The predicted octanol–water partition coefficient (Wildman–Crippen LogP) is 5.84. The molecule has 0 bridgehead atoms. The van der Waals surface area contributed by atoms with E-state index in [9.17, 15) is 43.2 Å². The van der Waals surface area contributed by atoms with Gasteiger partial charge in [-0.1, -0.05) is 109 Å². The highest BCUT2D eigenvalue weighted by Gasteiger charge is 2.42. The lowest BCUT2D eigenvalue weighted by molar-refractivity contribution is -0.151. The van der Waals surface area contributed by atoms with Crippen molar-refractivity contribution in [1.29, 1.82) is 0 Å². The smallest absolute Gasteiger partial charge is 0.375 e. The molecule has 0 saturated carbocycles. The summed E-state index contributed by atoms with van der Waals surface area (Å²) in [6.45, 7) is 29.8. The molecule has 1 heterocycles. The SMILES string of the molecule is C/C=C/C[C@@H](C)CC1C(=O)NC(CC)C(=O)N(C)CC(=O)N(C)[C@@H](CC(C)C)C(=O)N[C@H](CC(C)C)N(C)[C@H](CC(C)C)N[C@H](C)C(=O)OC(=O)N(C)[C@H](CC(C)C)C(=O)N[C@H](CC(C)C)C(=O)N(C)C(C(C)C)C(=O)N1C. The Morgan fingerprint density at radius 1 is 0.538 bits per heavy atom. The van der Waals surface area contributed by atoms with Gasteiger partial charge in [0.25, 0.3) is 0 Å². The van der Waals surface area contributed by atoms with Crippen molar-refractivity contribution in [3.8, 4) is 0 Å². The maximum Gasteiger partial charge on any atom is 0.417 e. The number of nitrogens with zero attached hydrogens (tertiary/aromatic N) is 6.